The molecule has 2 aliphatic heterocycles. The molecule has 9 heteroatoms. The van der Waals surface area contributed by atoms with Crippen LogP contribution in [0.4, 0.5) is 13.2 Å². The van der Waals surface area contributed by atoms with E-state index >= 15 is 0 Å². The molecule has 3 fully saturated rings. The van der Waals surface area contributed by atoms with Gasteiger partial charge in [-0.05, 0) is 24.0 Å². The third kappa shape index (κ3) is 3.33. The summed E-state index contributed by atoms with van der Waals surface area (Å²) < 4.78 is 40.2. The van der Waals surface area contributed by atoms with Gasteiger partial charge in [0.2, 0.25) is 5.91 Å². The summed E-state index contributed by atoms with van der Waals surface area (Å²) in [5.41, 5.74) is -0.153. The van der Waals surface area contributed by atoms with Crippen LogP contribution in [0, 0.1) is 34.8 Å². The highest BCUT2D eigenvalue weighted by atomic mass is 19.1. The van der Waals surface area contributed by atoms with Crippen LogP contribution in [0.5, 0.6) is 0 Å². The van der Waals surface area contributed by atoms with Crippen molar-refractivity contribution in [1.29, 1.82) is 5.26 Å². The number of carbonyl (C=O) groups is 2. The molecular formula is C19H19F3N4O2. The lowest BCUT2D eigenvalue weighted by Crippen LogP contribution is -2.43. The van der Waals surface area contributed by atoms with E-state index in [0.29, 0.717) is 19.2 Å². The summed E-state index contributed by atoms with van der Waals surface area (Å²) in [4.78, 5) is 27.5. The predicted octanol–water partition coefficient (Wildman–Crippen LogP) is 1.09. The van der Waals surface area contributed by atoms with Crippen molar-refractivity contribution in [1.82, 2.24) is 15.1 Å². The van der Waals surface area contributed by atoms with E-state index in [4.69, 9.17) is 5.26 Å². The van der Waals surface area contributed by atoms with Crippen LogP contribution in [0.2, 0.25) is 0 Å². The van der Waals surface area contributed by atoms with Crippen LogP contribution in [0.1, 0.15) is 16.8 Å². The molecule has 2 saturated heterocycles. The fraction of sp³-hybridized carbons (Fsp3) is 0.526. The van der Waals surface area contributed by atoms with E-state index in [0.717, 1.165) is 12.1 Å². The highest BCUT2D eigenvalue weighted by molar-refractivity contribution is 5.94. The molecular weight excluding hydrogens is 373 g/mol. The minimum absolute atomic E-state index is 0.0170. The number of fused-ring (bicyclic) bond motifs is 1. The number of rotatable bonds is 4. The number of carbonyl (C=O) groups excluding carboxylic acids is 2. The van der Waals surface area contributed by atoms with Crippen molar-refractivity contribution >= 4 is 11.8 Å². The second-order valence-electron chi connectivity index (χ2n) is 7.59. The second-order valence-corrected chi connectivity index (χ2v) is 7.59. The van der Waals surface area contributed by atoms with Gasteiger partial charge in [-0.25, -0.2) is 13.2 Å². The van der Waals surface area contributed by atoms with Crippen molar-refractivity contribution in [3.05, 3.63) is 35.4 Å². The van der Waals surface area contributed by atoms with E-state index in [1.165, 1.54) is 9.80 Å². The van der Waals surface area contributed by atoms with E-state index in [-0.39, 0.29) is 48.9 Å². The topological polar surface area (TPSA) is 76.4 Å². The Morgan fingerprint density at radius 1 is 1.21 bits per heavy atom. The Kier molecular flexibility index (Phi) is 4.75. The zero-order valence-corrected chi connectivity index (χ0v) is 14.9. The van der Waals surface area contributed by atoms with Crippen LogP contribution < -0.4 is 5.32 Å². The Balaban J connectivity index is 1.27. The van der Waals surface area contributed by atoms with Crippen LogP contribution in [-0.2, 0) is 4.79 Å². The first kappa shape index (κ1) is 18.7. The van der Waals surface area contributed by atoms with E-state index in [1.807, 2.05) is 6.07 Å². The van der Waals surface area contributed by atoms with Crippen molar-refractivity contribution in [3.63, 3.8) is 0 Å². The number of halogens is 3. The molecule has 1 saturated carbocycles. The number of benzene rings is 1. The summed E-state index contributed by atoms with van der Waals surface area (Å²) in [6.45, 7) is 0.831. The van der Waals surface area contributed by atoms with Gasteiger partial charge in [0.25, 0.3) is 5.91 Å². The zero-order chi connectivity index (χ0) is 20.0. The average Bonchev–Trinajstić information content (AvgIpc) is 2.98. The molecule has 1 aromatic rings. The summed E-state index contributed by atoms with van der Waals surface area (Å²) in [6, 6.07) is 4.18. The van der Waals surface area contributed by atoms with E-state index in [2.05, 4.69) is 5.32 Å². The monoisotopic (exact) mass is 392 g/mol. The van der Waals surface area contributed by atoms with Gasteiger partial charge in [-0.2, -0.15) is 5.26 Å². The molecule has 0 bridgehead atoms. The number of nitrogens with one attached hydrogen (secondary N) is 1. The fourth-order valence-corrected chi connectivity index (χ4v) is 4.32. The third-order valence-electron chi connectivity index (χ3n) is 5.85. The Bertz CT molecular complexity index is 846. The number of amides is 2. The molecule has 3 aliphatic rings. The summed E-state index contributed by atoms with van der Waals surface area (Å²) >= 11 is 0. The third-order valence-corrected chi connectivity index (χ3v) is 5.85. The Morgan fingerprint density at radius 2 is 1.93 bits per heavy atom. The lowest BCUT2D eigenvalue weighted by atomic mass is 10.1. The standard InChI is InChI=1S/C19H19F3N4O2/c20-10-1-2-13(16(22)4-10)19(28)25-8-14-15(9-25)18(14)24-6-17(27)26-7-11(21)3-12(26)5-23/h1-2,4,11-12,14-15,18,24H,3,6-9H2/t11-,12-,14?,15?,18?/m0/s1. The van der Waals surface area contributed by atoms with Crippen LogP contribution in [-0.4, -0.2) is 66.0 Å². The first-order valence-corrected chi connectivity index (χ1v) is 9.20. The molecule has 28 heavy (non-hydrogen) atoms. The molecule has 1 aliphatic carbocycles. The number of likely N-dealkylation sites (tertiary alicyclic amines) is 2. The van der Waals surface area contributed by atoms with E-state index < -0.39 is 29.8 Å². The number of hydrogen-bond acceptors (Lipinski definition) is 4. The van der Waals surface area contributed by atoms with Gasteiger partial charge in [0, 0.05) is 31.6 Å². The SMILES string of the molecule is N#C[C@@H]1C[C@H](F)CN1C(=O)CNC1C2CN(C(=O)c3ccc(F)cc3F)CC21. The number of hydrogen-bond donors (Lipinski definition) is 1. The van der Waals surface area contributed by atoms with E-state index in [1.54, 1.807) is 0 Å². The highest BCUT2D eigenvalue weighted by Gasteiger charge is 2.56. The minimum atomic E-state index is -1.17. The normalized spacial score (nSPS) is 30.9. The van der Waals surface area contributed by atoms with Gasteiger partial charge in [-0.3, -0.25) is 9.59 Å². The summed E-state index contributed by atoms with van der Waals surface area (Å²) in [5, 5.41) is 12.1. The molecule has 2 amide bonds. The predicted molar refractivity (Wildman–Crippen MR) is 91.7 cm³/mol. The molecule has 0 spiro atoms. The Hall–Kier alpha value is -2.60. The number of alkyl halides is 1. The van der Waals surface area contributed by atoms with Gasteiger partial charge in [0.1, 0.15) is 23.8 Å². The molecule has 2 unspecified atom stereocenters. The lowest BCUT2D eigenvalue weighted by molar-refractivity contribution is -0.130. The Labute approximate surface area is 159 Å². The molecule has 148 valence electrons. The quantitative estimate of drug-likeness (QED) is 0.832. The van der Waals surface area contributed by atoms with Gasteiger partial charge in [0.05, 0.1) is 24.7 Å². The smallest absolute Gasteiger partial charge is 0.256 e. The highest BCUT2D eigenvalue weighted by Crippen LogP contribution is 2.45. The van der Waals surface area contributed by atoms with Crippen molar-refractivity contribution in [2.75, 3.05) is 26.2 Å². The van der Waals surface area contributed by atoms with Crippen molar-refractivity contribution < 1.29 is 22.8 Å². The first-order valence-electron chi connectivity index (χ1n) is 9.20. The maximum Gasteiger partial charge on any atom is 0.256 e. The van der Waals surface area contributed by atoms with Crippen LogP contribution in [0.3, 0.4) is 0 Å². The van der Waals surface area contributed by atoms with Gasteiger partial charge < -0.3 is 15.1 Å². The van der Waals surface area contributed by atoms with Gasteiger partial charge >= 0.3 is 0 Å². The minimum Gasteiger partial charge on any atom is -0.338 e. The van der Waals surface area contributed by atoms with Crippen LogP contribution >= 0.6 is 0 Å². The zero-order valence-electron chi connectivity index (χ0n) is 14.9. The number of piperidine rings is 1. The van der Waals surface area contributed by atoms with E-state index in [9.17, 15) is 22.8 Å². The Morgan fingerprint density at radius 3 is 2.57 bits per heavy atom. The van der Waals surface area contributed by atoms with Gasteiger partial charge in [-0.15, -0.1) is 0 Å². The maximum atomic E-state index is 13.8. The van der Waals surface area contributed by atoms with Gasteiger partial charge in [-0.1, -0.05) is 0 Å². The second kappa shape index (κ2) is 7.09. The maximum absolute atomic E-state index is 13.8. The summed E-state index contributed by atoms with van der Waals surface area (Å²) in [6.07, 6.45) is -1.12. The van der Waals surface area contributed by atoms with Crippen LogP contribution in [0.25, 0.3) is 0 Å². The molecule has 4 atom stereocenters. The first-order chi connectivity index (χ1) is 13.4. The summed E-state index contributed by atoms with van der Waals surface area (Å²) in [5.74, 6) is -2.06. The molecule has 1 N–H and O–H groups in total. The lowest BCUT2D eigenvalue weighted by Gasteiger charge is -2.22. The van der Waals surface area contributed by atoms with Crippen LogP contribution in [0.15, 0.2) is 18.2 Å². The number of nitriles is 1. The molecule has 6 nitrogen and oxygen atoms in total. The molecule has 0 radical (unpaired) electrons. The average molecular weight is 392 g/mol. The van der Waals surface area contributed by atoms with Gasteiger partial charge in [0.15, 0.2) is 0 Å². The van der Waals surface area contributed by atoms with Crippen molar-refractivity contribution in [2.24, 2.45) is 11.8 Å². The molecule has 0 aromatic heterocycles. The molecule has 4 rings (SSSR count). The number of nitrogens with zero attached hydrogens (tertiary/aromatic N) is 3. The fourth-order valence-electron chi connectivity index (χ4n) is 4.32. The van der Waals surface area contributed by atoms with Crippen molar-refractivity contribution in [3.8, 4) is 6.07 Å². The van der Waals surface area contributed by atoms with Crippen molar-refractivity contribution in [2.45, 2.75) is 24.7 Å². The largest absolute Gasteiger partial charge is 0.338 e. The summed E-state index contributed by atoms with van der Waals surface area (Å²) in [7, 11) is 0. The molecule has 1 aromatic carbocycles. The molecule has 2 heterocycles.